The Morgan fingerprint density at radius 1 is 1.25 bits per heavy atom. The van der Waals surface area contributed by atoms with Gasteiger partial charge in [-0.15, -0.1) is 0 Å². The molecule has 24 heavy (non-hydrogen) atoms. The molecule has 4 heteroatoms. The summed E-state index contributed by atoms with van der Waals surface area (Å²) in [6.07, 6.45) is 0.268. The first kappa shape index (κ1) is 17.7. The summed E-state index contributed by atoms with van der Waals surface area (Å²) >= 11 is 0. The van der Waals surface area contributed by atoms with Crippen LogP contribution in [0.2, 0.25) is 18.1 Å². The zero-order valence-electron chi connectivity index (χ0n) is 15.7. The average molecular weight is 347 g/mol. The maximum atomic E-state index is 11.4. The van der Waals surface area contributed by atoms with Crippen molar-refractivity contribution in [3.63, 3.8) is 0 Å². The van der Waals surface area contributed by atoms with E-state index in [1.54, 1.807) is 0 Å². The highest BCUT2D eigenvalue weighted by Gasteiger charge is 2.82. The van der Waals surface area contributed by atoms with Crippen molar-refractivity contribution < 1.29 is 14.6 Å². The second-order valence-electron chi connectivity index (χ2n) is 8.82. The fraction of sp³-hybridized carbons (Fsp3) is 0.650. The summed E-state index contributed by atoms with van der Waals surface area (Å²) in [5.41, 5.74) is 0.0706. The van der Waals surface area contributed by atoms with E-state index in [2.05, 4.69) is 57.3 Å². The summed E-state index contributed by atoms with van der Waals surface area (Å²) in [5, 5.41) is 12.7. The van der Waals surface area contributed by atoms with Gasteiger partial charge in [0.25, 0.3) is 0 Å². The van der Waals surface area contributed by atoms with Crippen LogP contribution in [0.15, 0.2) is 30.3 Å². The molecule has 0 aliphatic heterocycles. The van der Waals surface area contributed by atoms with E-state index in [1.807, 2.05) is 6.92 Å². The van der Waals surface area contributed by atoms with Gasteiger partial charge in [0.1, 0.15) is 6.10 Å². The number of rotatable bonds is 3. The summed E-state index contributed by atoms with van der Waals surface area (Å²) in [7, 11) is -1.93. The fourth-order valence-electron chi connectivity index (χ4n) is 6.11. The molecule has 132 valence electrons. The second-order valence-corrected chi connectivity index (χ2v) is 13.5. The van der Waals surface area contributed by atoms with Gasteiger partial charge in [-0.05, 0) is 17.8 Å². The molecule has 0 bridgehead atoms. The van der Waals surface area contributed by atoms with E-state index < -0.39 is 14.2 Å². The molecular formula is C20H30O3Si. The minimum absolute atomic E-state index is 0.0255. The maximum Gasteiger partial charge on any atom is 0.302 e. The van der Waals surface area contributed by atoms with Crippen molar-refractivity contribution in [1.82, 2.24) is 0 Å². The Morgan fingerprint density at radius 3 is 2.38 bits per heavy atom. The number of hydrogen-bond donors (Lipinski definition) is 1. The molecule has 0 aromatic heterocycles. The molecule has 1 aromatic rings. The van der Waals surface area contributed by atoms with Crippen LogP contribution in [0.3, 0.4) is 0 Å². The van der Waals surface area contributed by atoms with Gasteiger partial charge in [-0.2, -0.15) is 0 Å². The van der Waals surface area contributed by atoms with Crippen LogP contribution < -0.4 is 5.19 Å². The number of carbonyl (C=O) groups excluding carboxylic acids is 1. The van der Waals surface area contributed by atoms with Gasteiger partial charge < -0.3 is 9.84 Å². The topological polar surface area (TPSA) is 46.5 Å². The molecule has 2 fully saturated rings. The summed E-state index contributed by atoms with van der Waals surface area (Å²) < 4.78 is 5.54. The van der Waals surface area contributed by atoms with Crippen LogP contribution in [0, 0.1) is 17.3 Å². The molecule has 0 saturated heterocycles. The van der Waals surface area contributed by atoms with Crippen LogP contribution in [0.5, 0.6) is 0 Å². The average Bonchev–Trinajstić information content (AvgIpc) is 3.02. The Hall–Kier alpha value is -1.13. The third-order valence-corrected chi connectivity index (χ3v) is 12.4. The van der Waals surface area contributed by atoms with Gasteiger partial charge in [-0.25, -0.2) is 0 Å². The minimum Gasteiger partial charge on any atom is -0.462 e. The first-order valence-electron chi connectivity index (χ1n) is 8.99. The van der Waals surface area contributed by atoms with Crippen LogP contribution in [-0.2, 0) is 9.53 Å². The fourth-order valence-corrected chi connectivity index (χ4v) is 11.7. The predicted octanol–water partition coefficient (Wildman–Crippen LogP) is 3.33. The molecule has 1 unspecified atom stereocenters. The van der Waals surface area contributed by atoms with E-state index in [1.165, 1.54) is 12.1 Å². The van der Waals surface area contributed by atoms with Crippen molar-refractivity contribution >= 4 is 19.2 Å². The van der Waals surface area contributed by atoms with E-state index in [4.69, 9.17) is 4.74 Å². The van der Waals surface area contributed by atoms with Gasteiger partial charge in [0.2, 0.25) is 0 Å². The minimum atomic E-state index is -1.93. The SMILES string of the molecule is CC(=O)O[C@H]1CC2C(C)(C)[C@]2([Si](C)(C)c2ccccc2)[C@H](O)[C@H]1C. The molecule has 2 saturated carbocycles. The lowest BCUT2D eigenvalue weighted by Crippen LogP contribution is -2.57. The number of fused-ring (bicyclic) bond motifs is 1. The highest BCUT2D eigenvalue weighted by Crippen LogP contribution is 2.84. The van der Waals surface area contributed by atoms with E-state index in [9.17, 15) is 9.90 Å². The lowest BCUT2D eigenvalue weighted by molar-refractivity contribution is -0.154. The normalized spacial score (nSPS) is 37.5. The quantitative estimate of drug-likeness (QED) is 0.674. The van der Waals surface area contributed by atoms with Crippen LogP contribution >= 0.6 is 0 Å². The molecule has 0 radical (unpaired) electrons. The Morgan fingerprint density at radius 2 is 1.83 bits per heavy atom. The van der Waals surface area contributed by atoms with E-state index in [0.29, 0.717) is 5.92 Å². The third kappa shape index (κ3) is 2.08. The molecule has 0 heterocycles. The lowest BCUT2D eigenvalue weighted by atomic mass is 9.84. The van der Waals surface area contributed by atoms with Gasteiger partial charge >= 0.3 is 5.97 Å². The first-order valence-corrected chi connectivity index (χ1v) is 12.0. The molecule has 1 aromatic carbocycles. The Bertz CT molecular complexity index is 640. The molecule has 3 rings (SSSR count). The highest BCUT2D eigenvalue weighted by molar-refractivity contribution is 6.93. The monoisotopic (exact) mass is 346 g/mol. The number of aliphatic hydroxyl groups is 1. The number of carbonyl (C=O) groups is 1. The molecule has 2 aliphatic rings. The zero-order valence-corrected chi connectivity index (χ0v) is 16.7. The second kappa shape index (κ2) is 5.43. The number of benzene rings is 1. The largest absolute Gasteiger partial charge is 0.462 e. The van der Waals surface area contributed by atoms with Gasteiger partial charge in [0.05, 0.1) is 14.2 Å². The Balaban J connectivity index is 2.03. The van der Waals surface area contributed by atoms with Gasteiger partial charge in [-0.1, -0.05) is 69.4 Å². The van der Waals surface area contributed by atoms with Crippen molar-refractivity contribution in [3.8, 4) is 0 Å². The van der Waals surface area contributed by atoms with Crippen molar-refractivity contribution in [2.75, 3.05) is 0 Å². The smallest absolute Gasteiger partial charge is 0.302 e. The molecule has 5 atom stereocenters. The zero-order chi connectivity index (χ0) is 17.9. The lowest BCUT2D eigenvalue weighted by Gasteiger charge is -2.46. The van der Waals surface area contributed by atoms with Crippen molar-refractivity contribution in [3.05, 3.63) is 30.3 Å². The van der Waals surface area contributed by atoms with Crippen LogP contribution in [0.25, 0.3) is 0 Å². The van der Waals surface area contributed by atoms with Crippen LogP contribution in [0.1, 0.15) is 34.1 Å². The molecule has 0 amide bonds. The Labute approximate surface area is 146 Å². The summed E-state index contributed by atoms with van der Waals surface area (Å²) in [5.74, 6) is 0.134. The standard InChI is InChI=1S/C20H30O3Si/c1-13-16(23-14(2)21)12-17-19(3,4)20(17,18(13)22)24(5,6)15-10-8-7-9-11-15/h7-11,13,16-18,22H,12H2,1-6H3/t13-,16-,17?,18+,20+/m0/s1. The molecular weight excluding hydrogens is 316 g/mol. The van der Waals surface area contributed by atoms with Crippen LogP contribution in [-0.4, -0.2) is 31.4 Å². The summed E-state index contributed by atoms with van der Waals surface area (Å²) in [4.78, 5) is 11.4. The van der Waals surface area contributed by atoms with Crippen molar-refractivity contribution in [2.45, 2.75) is 64.5 Å². The van der Waals surface area contributed by atoms with E-state index in [0.717, 1.165) is 6.42 Å². The summed E-state index contributed by atoms with van der Waals surface area (Å²) in [6.45, 7) is 12.9. The van der Waals surface area contributed by atoms with Crippen molar-refractivity contribution in [1.29, 1.82) is 0 Å². The number of aliphatic hydroxyl groups excluding tert-OH is 1. The molecule has 2 aliphatic carbocycles. The van der Waals surface area contributed by atoms with Crippen LogP contribution in [0.4, 0.5) is 0 Å². The predicted molar refractivity (Wildman–Crippen MR) is 98.9 cm³/mol. The van der Waals surface area contributed by atoms with Gasteiger partial charge in [0.15, 0.2) is 0 Å². The number of esters is 1. The number of hydrogen-bond acceptors (Lipinski definition) is 3. The third-order valence-electron chi connectivity index (χ3n) is 7.27. The van der Waals surface area contributed by atoms with Gasteiger partial charge in [-0.3, -0.25) is 4.79 Å². The Kier molecular flexibility index (Phi) is 4.00. The van der Waals surface area contributed by atoms with E-state index >= 15 is 0 Å². The van der Waals surface area contributed by atoms with E-state index in [-0.39, 0.29) is 28.4 Å². The van der Waals surface area contributed by atoms with Gasteiger partial charge in [0, 0.05) is 17.9 Å². The van der Waals surface area contributed by atoms with Crippen molar-refractivity contribution in [2.24, 2.45) is 17.3 Å². The molecule has 0 spiro atoms. The number of ether oxygens (including phenoxy) is 1. The highest BCUT2D eigenvalue weighted by atomic mass is 28.3. The summed E-state index contributed by atoms with van der Waals surface area (Å²) in [6, 6.07) is 10.7. The maximum absolute atomic E-state index is 11.4. The first-order chi connectivity index (χ1) is 11.1. The molecule has 1 N–H and O–H groups in total. The molecule has 3 nitrogen and oxygen atoms in total.